The van der Waals surface area contributed by atoms with Gasteiger partial charge in [0, 0.05) is 12.6 Å². The lowest BCUT2D eigenvalue weighted by Crippen LogP contribution is -2.42. The summed E-state index contributed by atoms with van der Waals surface area (Å²) in [7, 11) is 0. The highest BCUT2D eigenvalue weighted by Crippen LogP contribution is 2.25. The molecule has 0 spiro atoms. The van der Waals surface area contributed by atoms with Crippen LogP contribution in [-0.2, 0) is 0 Å². The standard InChI is InChI=1S/C13H18N2O2/c1-8-2-3-11(12(16)4-8)13(17)15-7-9-5-10(14)6-9/h2-4,9-10,16H,5-7,14H2,1H3,(H,15,17). The van der Waals surface area contributed by atoms with E-state index in [1.807, 2.05) is 13.0 Å². The molecule has 1 aromatic carbocycles. The summed E-state index contributed by atoms with van der Waals surface area (Å²) in [6.07, 6.45) is 1.94. The van der Waals surface area contributed by atoms with E-state index in [2.05, 4.69) is 5.32 Å². The second-order valence-electron chi connectivity index (χ2n) is 4.83. The second-order valence-corrected chi connectivity index (χ2v) is 4.83. The molecule has 0 aliphatic heterocycles. The zero-order valence-corrected chi connectivity index (χ0v) is 9.94. The minimum atomic E-state index is -0.219. The molecule has 17 heavy (non-hydrogen) atoms. The summed E-state index contributed by atoms with van der Waals surface area (Å²) in [5.74, 6) is 0.303. The van der Waals surface area contributed by atoms with Gasteiger partial charge in [0.15, 0.2) is 0 Å². The van der Waals surface area contributed by atoms with E-state index in [4.69, 9.17) is 5.73 Å². The smallest absolute Gasteiger partial charge is 0.255 e. The summed E-state index contributed by atoms with van der Waals surface area (Å²) in [5.41, 5.74) is 6.94. The van der Waals surface area contributed by atoms with Gasteiger partial charge in [0.05, 0.1) is 5.56 Å². The van der Waals surface area contributed by atoms with Crippen molar-refractivity contribution >= 4 is 5.91 Å². The van der Waals surface area contributed by atoms with Gasteiger partial charge < -0.3 is 16.2 Å². The van der Waals surface area contributed by atoms with Crippen molar-refractivity contribution in [3.63, 3.8) is 0 Å². The molecule has 4 N–H and O–H groups in total. The second kappa shape index (κ2) is 4.75. The van der Waals surface area contributed by atoms with Crippen LogP contribution >= 0.6 is 0 Å². The molecule has 92 valence electrons. The molecular weight excluding hydrogens is 216 g/mol. The number of aryl methyl sites for hydroxylation is 1. The molecule has 2 rings (SSSR count). The number of benzene rings is 1. The molecule has 0 bridgehead atoms. The quantitative estimate of drug-likeness (QED) is 0.734. The molecule has 1 fully saturated rings. The molecule has 4 heteroatoms. The van der Waals surface area contributed by atoms with Crippen LogP contribution in [-0.4, -0.2) is 23.6 Å². The number of carbonyl (C=O) groups is 1. The maximum absolute atomic E-state index is 11.8. The van der Waals surface area contributed by atoms with Crippen LogP contribution in [0.3, 0.4) is 0 Å². The third-order valence-electron chi connectivity index (χ3n) is 3.22. The number of nitrogens with one attached hydrogen (secondary N) is 1. The van der Waals surface area contributed by atoms with Gasteiger partial charge in [-0.1, -0.05) is 6.07 Å². The van der Waals surface area contributed by atoms with E-state index in [1.165, 1.54) is 0 Å². The molecule has 1 aromatic rings. The predicted molar refractivity (Wildman–Crippen MR) is 65.9 cm³/mol. The van der Waals surface area contributed by atoms with Crippen molar-refractivity contribution in [1.82, 2.24) is 5.32 Å². The number of amides is 1. The number of carbonyl (C=O) groups excluding carboxylic acids is 1. The van der Waals surface area contributed by atoms with Gasteiger partial charge in [-0.25, -0.2) is 0 Å². The fourth-order valence-corrected chi connectivity index (χ4v) is 2.12. The van der Waals surface area contributed by atoms with Crippen molar-refractivity contribution in [2.24, 2.45) is 11.7 Å². The molecule has 4 nitrogen and oxygen atoms in total. The van der Waals surface area contributed by atoms with Crippen LogP contribution in [0, 0.1) is 12.8 Å². The summed E-state index contributed by atoms with van der Waals surface area (Å²) in [6.45, 7) is 2.51. The van der Waals surface area contributed by atoms with Crippen LogP contribution in [0.4, 0.5) is 0 Å². The summed E-state index contributed by atoms with van der Waals surface area (Å²) < 4.78 is 0. The topological polar surface area (TPSA) is 75.4 Å². The fourth-order valence-electron chi connectivity index (χ4n) is 2.12. The first-order chi connectivity index (χ1) is 8.06. The van der Waals surface area contributed by atoms with Crippen molar-refractivity contribution in [2.45, 2.75) is 25.8 Å². The Bertz CT molecular complexity index is 425. The molecule has 0 unspecified atom stereocenters. The van der Waals surface area contributed by atoms with E-state index in [9.17, 15) is 9.90 Å². The number of nitrogens with two attached hydrogens (primary N) is 1. The first kappa shape index (κ1) is 11.9. The number of phenols is 1. The van der Waals surface area contributed by atoms with Crippen molar-refractivity contribution in [1.29, 1.82) is 0 Å². The molecule has 0 saturated heterocycles. The van der Waals surface area contributed by atoms with Gasteiger partial charge in [0.25, 0.3) is 5.91 Å². The fraction of sp³-hybridized carbons (Fsp3) is 0.462. The van der Waals surface area contributed by atoms with Gasteiger partial charge in [-0.15, -0.1) is 0 Å². The Morgan fingerprint density at radius 2 is 2.24 bits per heavy atom. The normalized spacial score (nSPS) is 22.9. The van der Waals surface area contributed by atoms with Gasteiger partial charge in [-0.05, 0) is 43.4 Å². The SMILES string of the molecule is Cc1ccc(C(=O)NCC2CC(N)C2)c(O)c1. The highest BCUT2D eigenvalue weighted by Gasteiger charge is 2.26. The maximum Gasteiger partial charge on any atom is 0.255 e. The lowest BCUT2D eigenvalue weighted by atomic mass is 9.81. The van der Waals surface area contributed by atoms with Gasteiger partial charge in [0.1, 0.15) is 5.75 Å². The van der Waals surface area contributed by atoms with E-state index in [-0.39, 0.29) is 11.7 Å². The Hall–Kier alpha value is -1.55. The van der Waals surface area contributed by atoms with Crippen molar-refractivity contribution in [3.8, 4) is 5.75 Å². The summed E-state index contributed by atoms with van der Waals surface area (Å²) in [4.78, 5) is 11.8. The monoisotopic (exact) mass is 234 g/mol. The minimum Gasteiger partial charge on any atom is -0.507 e. The summed E-state index contributed by atoms with van der Waals surface area (Å²) in [6, 6.07) is 5.35. The van der Waals surface area contributed by atoms with E-state index in [0.717, 1.165) is 18.4 Å². The van der Waals surface area contributed by atoms with Gasteiger partial charge in [-0.2, -0.15) is 0 Å². The van der Waals surface area contributed by atoms with E-state index < -0.39 is 0 Å². The number of rotatable bonds is 3. The number of phenolic OH excluding ortho intramolecular Hbond substituents is 1. The summed E-state index contributed by atoms with van der Waals surface area (Å²) >= 11 is 0. The van der Waals surface area contributed by atoms with Crippen molar-refractivity contribution in [3.05, 3.63) is 29.3 Å². The third kappa shape index (κ3) is 2.77. The van der Waals surface area contributed by atoms with Gasteiger partial charge in [0.2, 0.25) is 0 Å². The number of hydrogen-bond donors (Lipinski definition) is 3. The highest BCUT2D eigenvalue weighted by atomic mass is 16.3. The average Bonchev–Trinajstić information content (AvgIpc) is 2.22. The van der Waals surface area contributed by atoms with Crippen LogP contribution in [0.25, 0.3) is 0 Å². The Morgan fingerprint density at radius 1 is 1.53 bits per heavy atom. The van der Waals surface area contributed by atoms with Crippen LogP contribution < -0.4 is 11.1 Å². The highest BCUT2D eigenvalue weighted by molar-refractivity contribution is 5.96. The Morgan fingerprint density at radius 3 is 2.82 bits per heavy atom. The summed E-state index contributed by atoms with van der Waals surface area (Å²) in [5, 5.41) is 12.5. The average molecular weight is 234 g/mol. The maximum atomic E-state index is 11.8. The predicted octanol–water partition coefficient (Wildman–Crippen LogP) is 1.17. The molecule has 0 atom stereocenters. The van der Waals surface area contributed by atoms with Gasteiger partial charge >= 0.3 is 0 Å². The molecule has 1 amide bonds. The van der Waals surface area contributed by atoms with Crippen LogP contribution in [0.5, 0.6) is 5.75 Å². The van der Waals surface area contributed by atoms with E-state index >= 15 is 0 Å². The van der Waals surface area contributed by atoms with Crippen molar-refractivity contribution in [2.75, 3.05) is 6.54 Å². The van der Waals surface area contributed by atoms with E-state index in [1.54, 1.807) is 12.1 Å². The zero-order chi connectivity index (χ0) is 12.4. The lowest BCUT2D eigenvalue weighted by molar-refractivity contribution is 0.0932. The Kier molecular flexibility index (Phi) is 3.33. The minimum absolute atomic E-state index is 0.0350. The third-order valence-corrected chi connectivity index (χ3v) is 3.22. The largest absolute Gasteiger partial charge is 0.507 e. The molecule has 1 aliphatic rings. The van der Waals surface area contributed by atoms with Crippen LogP contribution in [0.1, 0.15) is 28.8 Å². The van der Waals surface area contributed by atoms with Crippen LogP contribution in [0.15, 0.2) is 18.2 Å². The molecule has 1 aliphatic carbocycles. The molecule has 0 radical (unpaired) electrons. The molecule has 1 saturated carbocycles. The zero-order valence-electron chi connectivity index (χ0n) is 9.94. The first-order valence-electron chi connectivity index (χ1n) is 5.89. The Labute approximate surface area is 101 Å². The lowest BCUT2D eigenvalue weighted by Gasteiger charge is -2.32. The number of aromatic hydroxyl groups is 1. The number of hydrogen-bond acceptors (Lipinski definition) is 3. The van der Waals surface area contributed by atoms with Crippen molar-refractivity contribution < 1.29 is 9.90 Å². The molecule has 0 heterocycles. The molecule has 0 aromatic heterocycles. The van der Waals surface area contributed by atoms with Gasteiger partial charge in [-0.3, -0.25) is 4.79 Å². The Balaban J connectivity index is 1.91. The molecular formula is C13H18N2O2. The van der Waals surface area contributed by atoms with E-state index in [0.29, 0.717) is 24.1 Å². The van der Waals surface area contributed by atoms with Crippen LogP contribution in [0.2, 0.25) is 0 Å². The first-order valence-corrected chi connectivity index (χ1v) is 5.89.